The molecular formula is C22H27N5O2. The van der Waals surface area contributed by atoms with Crippen molar-refractivity contribution >= 4 is 28.9 Å². The smallest absolute Gasteiger partial charge is 0.251 e. The summed E-state index contributed by atoms with van der Waals surface area (Å²) in [5.41, 5.74) is 6.37. The molecule has 1 spiro atoms. The zero-order valence-electron chi connectivity index (χ0n) is 17.0. The predicted molar refractivity (Wildman–Crippen MR) is 112 cm³/mol. The van der Waals surface area contributed by atoms with E-state index in [2.05, 4.69) is 20.7 Å². The Kier molecular flexibility index (Phi) is 4.07. The minimum atomic E-state index is -0.334. The third kappa shape index (κ3) is 3.04. The molecule has 7 heteroatoms. The van der Waals surface area contributed by atoms with Gasteiger partial charge in [-0.15, -0.1) is 0 Å². The quantitative estimate of drug-likeness (QED) is 0.682. The molecule has 5 rings (SSSR count). The highest BCUT2D eigenvalue weighted by molar-refractivity contribution is 6.08. The third-order valence-corrected chi connectivity index (χ3v) is 6.51. The average Bonchev–Trinajstić information content (AvgIpc) is 3.10. The van der Waals surface area contributed by atoms with E-state index < -0.39 is 0 Å². The molecule has 0 unspecified atom stereocenters. The molecule has 29 heavy (non-hydrogen) atoms. The van der Waals surface area contributed by atoms with Gasteiger partial charge in [0.15, 0.2) is 5.78 Å². The normalized spacial score (nSPS) is 21.0. The number of nitrogens with zero attached hydrogens (tertiary/aromatic N) is 2. The van der Waals surface area contributed by atoms with Crippen molar-refractivity contribution in [3.8, 4) is 0 Å². The Hall–Kier alpha value is -2.67. The Balaban J connectivity index is 1.36. The Morgan fingerprint density at radius 1 is 1.31 bits per heavy atom. The molecular weight excluding hydrogens is 366 g/mol. The highest BCUT2D eigenvalue weighted by Crippen LogP contribution is 2.61. The summed E-state index contributed by atoms with van der Waals surface area (Å²) < 4.78 is 0. The number of amides is 1. The summed E-state index contributed by atoms with van der Waals surface area (Å²) in [5, 5.41) is 5.97. The average molecular weight is 393 g/mol. The van der Waals surface area contributed by atoms with Crippen LogP contribution < -0.4 is 10.7 Å². The van der Waals surface area contributed by atoms with E-state index in [0.29, 0.717) is 18.8 Å². The standard InChI is InChI=1S/C22H27N5O2/c1-21(2)11-22(6-7-22)17-15-10-14(4-5-16(15)26-18(17)19(21)28)20(29)24-8-3-9-27-13-23-12-25-27/h4-5,10,13,25-26H,3,6-9,11-12H2,1-2H3,(H,24,29). The molecule has 2 aliphatic carbocycles. The number of ketones is 1. The van der Waals surface area contributed by atoms with Gasteiger partial charge in [0, 0.05) is 35.0 Å². The number of benzene rings is 1. The summed E-state index contributed by atoms with van der Waals surface area (Å²) in [4.78, 5) is 33.1. The van der Waals surface area contributed by atoms with E-state index in [-0.39, 0.29) is 22.5 Å². The lowest BCUT2D eigenvalue weighted by molar-refractivity contribution is 0.0782. The van der Waals surface area contributed by atoms with Gasteiger partial charge in [-0.05, 0) is 54.9 Å². The lowest BCUT2D eigenvalue weighted by atomic mass is 9.68. The van der Waals surface area contributed by atoms with Gasteiger partial charge >= 0.3 is 0 Å². The monoisotopic (exact) mass is 393 g/mol. The van der Waals surface area contributed by atoms with Crippen LogP contribution in [0.3, 0.4) is 0 Å². The second kappa shape index (κ2) is 6.42. The van der Waals surface area contributed by atoms with Crippen molar-refractivity contribution in [1.29, 1.82) is 0 Å². The van der Waals surface area contributed by atoms with Gasteiger partial charge in [-0.3, -0.25) is 19.6 Å². The Morgan fingerprint density at radius 2 is 2.14 bits per heavy atom. The first-order valence-electron chi connectivity index (χ1n) is 10.4. The molecule has 7 nitrogen and oxygen atoms in total. The number of aliphatic imine (C=N–C) groups is 1. The van der Waals surface area contributed by atoms with E-state index in [9.17, 15) is 9.59 Å². The van der Waals surface area contributed by atoms with Crippen LogP contribution in [0.1, 0.15) is 65.9 Å². The fraction of sp³-hybridized carbons (Fsp3) is 0.500. The maximum absolute atomic E-state index is 13.0. The number of aromatic amines is 1. The van der Waals surface area contributed by atoms with Crippen molar-refractivity contribution in [2.75, 3.05) is 19.8 Å². The van der Waals surface area contributed by atoms with Gasteiger partial charge in [-0.1, -0.05) is 13.8 Å². The number of Topliss-reactive ketones (excluding diaryl/α,β-unsaturated/α-hetero) is 1. The molecule has 2 aromatic rings. The first-order valence-corrected chi connectivity index (χ1v) is 10.4. The zero-order valence-corrected chi connectivity index (χ0v) is 17.0. The molecule has 1 aromatic heterocycles. The van der Waals surface area contributed by atoms with E-state index in [1.165, 1.54) is 0 Å². The number of carbonyl (C=O) groups is 2. The number of aromatic nitrogens is 1. The number of fused-ring (bicyclic) bond motifs is 4. The van der Waals surface area contributed by atoms with Gasteiger partial charge < -0.3 is 10.3 Å². The van der Waals surface area contributed by atoms with Crippen LogP contribution in [-0.4, -0.2) is 47.8 Å². The van der Waals surface area contributed by atoms with Gasteiger partial charge in [0.05, 0.1) is 5.69 Å². The van der Waals surface area contributed by atoms with Crippen molar-refractivity contribution in [2.24, 2.45) is 10.4 Å². The highest BCUT2D eigenvalue weighted by atomic mass is 16.1. The summed E-state index contributed by atoms with van der Waals surface area (Å²) in [6, 6.07) is 5.73. The number of rotatable bonds is 5. The van der Waals surface area contributed by atoms with Crippen LogP contribution in [-0.2, 0) is 5.41 Å². The lowest BCUT2D eigenvalue weighted by Gasteiger charge is -2.34. The second-order valence-electron chi connectivity index (χ2n) is 9.22. The lowest BCUT2D eigenvalue weighted by Crippen LogP contribution is -2.36. The van der Waals surface area contributed by atoms with Crippen molar-refractivity contribution in [3.05, 3.63) is 35.0 Å². The minimum Gasteiger partial charge on any atom is -0.352 e. The Bertz CT molecular complexity index is 1030. The van der Waals surface area contributed by atoms with E-state index in [1.54, 1.807) is 6.34 Å². The van der Waals surface area contributed by atoms with Crippen molar-refractivity contribution in [2.45, 2.75) is 44.9 Å². The van der Waals surface area contributed by atoms with E-state index in [0.717, 1.165) is 54.4 Å². The zero-order chi connectivity index (χ0) is 20.2. The molecule has 0 bridgehead atoms. The molecule has 3 aliphatic rings. The fourth-order valence-electron chi connectivity index (χ4n) is 4.99. The maximum atomic E-state index is 13.0. The van der Waals surface area contributed by atoms with Crippen LogP contribution in [0.15, 0.2) is 23.2 Å². The summed E-state index contributed by atoms with van der Waals surface area (Å²) >= 11 is 0. The summed E-state index contributed by atoms with van der Waals surface area (Å²) in [5.74, 6) is 0.114. The number of H-pyrrole nitrogens is 1. The van der Waals surface area contributed by atoms with Crippen molar-refractivity contribution in [3.63, 3.8) is 0 Å². The van der Waals surface area contributed by atoms with Gasteiger partial charge in [0.1, 0.15) is 13.0 Å². The number of hydrogen-bond acceptors (Lipinski definition) is 5. The second-order valence-corrected chi connectivity index (χ2v) is 9.22. The van der Waals surface area contributed by atoms with Crippen molar-refractivity contribution < 1.29 is 9.59 Å². The first kappa shape index (κ1) is 18.4. The molecule has 1 fully saturated rings. The summed E-state index contributed by atoms with van der Waals surface area (Å²) in [6.07, 6.45) is 5.74. The van der Waals surface area contributed by atoms with E-state index in [1.807, 2.05) is 37.1 Å². The summed E-state index contributed by atoms with van der Waals surface area (Å²) in [7, 11) is 0. The fourth-order valence-corrected chi connectivity index (χ4v) is 4.99. The number of hydrogen-bond donors (Lipinski definition) is 3. The maximum Gasteiger partial charge on any atom is 0.251 e. The van der Waals surface area contributed by atoms with E-state index in [4.69, 9.17) is 0 Å². The molecule has 0 radical (unpaired) electrons. The topological polar surface area (TPSA) is 89.6 Å². The van der Waals surface area contributed by atoms with Crippen LogP contribution in [0.5, 0.6) is 0 Å². The molecule has 3 N–H and O–H groups in total. The SMILES string of the molecule is CC1(C)CC2(CC2)c2c([nH]c3ccc(C(=O)NCCCN4C=NCN4)cc23)C1=O. The molecule has 1 amide bonds. The van der Waals surface area contributed by atoms with Gasteiger partial charge in [-0.2, -0.15) is 0 Å². The molecule has 2 heterocycles. The molecule has 0 atom stereocenters. The Morgan fingerprint density at radius 3 is 2.86 bits per heavy atom. The van der Waals surface area contributed by atoms with Crippen LogP contribution in [0.25, 0.3) is 10.9 Å². The first-order chi connectivity index (χ1) is 13.9. The Labute approximate surface area is 169 Å². The predicted octanol–water partition coefficient (Wildman–Crippen LogP) is 2.74. The minimum absolute atomic E-state index is 0.0720. The molecule has 1 saturated carbocycles. The van der Waals surface area contributed by atoms with Gasteiger partial charge in [0.2, 0.25) is 0 Å². The molecule has 1 aromatic carbocycles. The summed E-state index contributed by atoms with van der Waals surface area (Å²) in [6.45, 7) is 6.12. The van der Waals surface area contributed by atoms with Gasteiger partial charge in [0.25, 0.3) is 5.91 Å². The largest absolute Gasteiger partial charge is 0.352 e. The molecule has 1 aliphatic heterocycles. The third-order valence-electron chi connectivity index (χ3n) is 6.51. The number of hydrazine groups is 1. The van der Waals surface area contributed by atoms with E-state index >= 15 is 0 Å². The molecule has 0 saturated heterocycles. The van der Waals surface area contributed by atoms with Gasteiger partial charge in [-0.25, -0.2) is 5.43 Å². The number of nitrogens with one attached hydrogen (secondary N) is 3. The van der Waals surface area contributed by atoms with Crippen LogP contribution in [0.2, 0.25) is 0 Å². The van der Waals surface area contributed by atoms with Crippen LogP contribution in [0, 0.1) is 5.41 Å². The van der Waals surface area contributed by atoms with Crippen LogP contribution >= 0.6 is 0 Å². The molecule has 152 valence electrons. The number of carbonyl (C=O) groups excluding carboxylic acids is 2. The highest BCUT2D eigenvalue weighted by Gasteiger charge is 2.56. The van der Waals surface area contributed by atoms with Crippen molar-refractivity contribution in [1.82, 2.24) is 20.7 Å². The van der Waals surface area contributed by atoms with Crippen LogP contribution in [0.4, 0.5) is 0 Å².